The molecule has 96 valence electrons. The molecule has 0 aromatic rings. The Kier molecular flexibility index (Phi) is 6.51. The van der Waals surface area contributed by atoms with Crippen molar-refractivity contribution in [2.24, 2.45) is 0 Å². The molecule has 0 saturated heterocycles. The minimum Gasteiger partial charge on any atom is -0.394 e. The first-order chi connectivity index (χ1) is 7.37. The minimum absolute atomic E-state index is 0.208. The molecule has 0 radical (unpaired) electrons. The number of aliphatic hydroxyl groups is 2. The predicted octanol–water partition coefficient (Wildman–Crippen LogP) is -0.757. The summed E-state index contributed by atoms with van der Waals surface area (Å²) in [5.74, 6) is -0.208. The summed E-state index contributed by atoms with van der Waals surface area (Å²) in [5, 5.41) is 20.5. The molecule has 0 bridgehead atoms. The van der Waals surface area contributed by atoms with Gasteiger partial charge in [-0.1, -0.05) is 0 Å². The lowest BCUT2D eigenvalue weighted by Gasteiger charge is -2.35. The number of aliphatic hydroxyl groups excluding tert-OH is 2. The number of hydrogen-bond acceptors (Lipinski definition) is 5. The molecule has 0 heterocycles. The molecule has 0 aliphatic carbocycles. The van der Waals surface area contributed by atoms with E-state index in [1.54, 1.807) is 13.8 Å². The Hall–Kier alpha value is -0.690. The maximum Gasteiger partial charge on any atom is 0.217 e. The van der Waals surface area contributed by atoms with Gasteiger partial charge in [0.2, 0.25) is 5.91 Å². The fraction of sp³-hybridized carbons (Fsp3) is 0.900. The van der Waals surface area contributed by atoms with Crippen molar-refractivity contribution in [1.29, 1.82) is 0 Å². The Bertz CT molecular complexity index is 215. The zero-order valence-electron chi connectivity index (χ0n) is 10.2. The maximum atomic E-state index is 11.0. The molecule has 1 atom stereocenters. The van der Waals surface area contributed by atoms with Crippen molar-refractivity contribution in [1.82, 2.24) is 5.32 Å². The van der Waals surface area contributed by atoms with Gasteiger partial charge in [-0.25, -0.2) is 0 Å². The number of carbonyl (C=O) groups excluding carboxylic acids is 1. The molecule has 0 aliphatic heterocycles. The van der Waals surface area contributed by atoms with Gasteiger partial charge in [0.15, 0.2) is 6.29 Å². The highest BCUT2D eigenvalue weighted by Gasteiger charge is 2.33. The van der Waals surface area contributed by atoms with E-state index in [1.807, 2.05) is 0 Å². The lowest BCUT2D eigenvalue weighted by Crippen LogP contribution is -2.54. The molecule has 0 aliphatic rings. The molecule has 0 aromatic heterocycles. The van der Waals surface area contributed by atoms with E-state index in [1.165, 1.54) is 14.0 Å². The molecular weight excluding hydrogens is 214 g/mol. The van der Waals surface area contributed by atoms with Crippen LogP contribution in [0.25, 0.3) is 0 Å². The van der Waals surface area contributed by atoms with Crippen LogP contribution < -0.4 is 5.32 Å². The van der Waals surface area contributed by atoms with E-state index in [0.29, 0.717) is 0 Å². The van der Waals surface area contributed by atoms with Crippen molar-refractivity contribution in [3.63, 3.8) is 0 Å². The summed E-state index contributed by atoms with van der Waals surface area (Å²) in [5.41, 5.74) is -0.747. The second-order valence-electron chi connectivity index (χ2n) is 4.09. The van der Waals surface area contributed by atoms with Crippen molar-refractivity contribution in [2.75, 3.05) is 20.3 Å². The molecule has 0 spiro atoms. The van der Waals surface area contributed by atoms with Crippen molar-refractivity contribution in [2.45, 2.75) is 38.7 Å². The summed E-state index contributed by atoms with van der Waals surface area (Å²) >= 11 is 0. The topological polar surface area (TPSA) is 88.0 Å². The van der Waals surface area contributed by atoms with Gasteiger partial charge in [0.1, 0.15) is 6.10 Å². The Morgan fingerprint density at radius 3 is 2.19 bits per heavy atom. The van der Waals surface area contributed by atoms with E-state index in [9.17, 15) is 4.79 Å². The second kappa shape index (κ2) is 6.80. The summed E-state index contributed by atoms with van der Waals surface area (Å²) < 4.78 is 10.4. The van der Waals surface area contributed by atoms with Gasteiger partial charge in [-0.3, -0.25) is 4.79 Å². The van der Waals surface area contributed by atoms with Crippen LogP contribution in [0, 0.1) is 0 Å². The van der Waals surface area contributed by atoms with Crippen LogP contribution in [-0.2, 0) is 14.3 Å². The summed E-state index contributed by atoms with van der Waals surface area (Å²) in [6.45, 7) is 4.23. The Labute approximate surface area is 95.6 Å². The maximum absolute atomic E-state index is 11.0. The van der Waals surface area contributed by atoms with Gasteiger partial charge < -0.3 is 25.0 Å². The van der Waals surface area contributed by atoms with Crippen LogP contribution >= 0.6 is 0 Å². The average molecular weight is 235 g/mol. The minimum atomic E-state index is -0.749. The van der Waals surface area contributed by atoms with Crippen molar-refractivity contribution < 1.29 is 24.5 Å². The van der Waals surface area contributed by atoms with E-state index in [4.69, 9.17) is 19.7 Å². The molecule has 0 aromatic carbocycles. The number of rotatable bonds is 7. The second-order valence-corrected chi connectivity index (χ2v) is 4.09. The number of hydrogen-bond donors (Lipinski definition) is 3. The molecule has 6 nitrogen and oxygen atoms in total. The van der Waals surface area contributed by atoms with Crippen molar-refractivity contribution in [3.05, 3.63) is 0 Å². The van der Waals surface area contributed by atoms with Crippen molar-refractivity contribution >= 4 is 5.91 Å². The van der Waals surface area contributed by atoms with Crippen LogP contribution in [0.2, 0.25) is 0 Å². The zero-order valence-corrected chi connectivity index (χ0v) is 10.2. The van der Waals surface area contributed by atoms with E-state index < -0.39 is 17.9 Å². The monoisotopic (exact) mass is 235 g/mol. The average Bonchev–Trinajstić information content (AvgIpc) is 2.17. The Morgan fingerprint density at radius 1 is 1.38 bits per heavy atom. The van der Waals surface area contributed by atoms with Gasteiger partial charge in [-0.05, 0) is 13.8 Å². The van der Waals surface area contributed by atoms with Crippen LogP contribution in [0.5, 0.6) is 0 Å². The molecule has 0 fully saturated rings. The number of ether oxygens (including phenoxy) is 2. The van der Waals surface area contributed by atoms with Crippen LogP contribution in [0.3, 0.4) is 0 Å². The predicted molar refractivity (Wildman–Crippen MR) is 57.7 cm³/mol. The molecule has 16 heavy (non-hydrogen) atoms. The van der Waals surface area contributed by atoms with Gasteiger partial charge in [0.25, 0.3) is 0 Å². The smallest absolute Gasteiger partial charge is 0.217 e. The largest absolute Gasteiger partial charge is 0.394 e. The van der Waals surface area contributed by atoms with E-state index in [2.05, 4.69) is 5.32 Å². The standard InChI is InChI=1S/C10H21NO5/c1-7(14)11-10(2,3)9(15-4)16-8(5-12)6-13/h8-9,12-13H,5-6H2,1-4H3,(H,11,14)/t9-/m1/s1. The third-order valence-corrected chi connectivity index (χ3v) is 2.02. The molecule has 1 amide bonds. The molecule has 0 unspecified atom stereocenters. The fourth-order valence-electron chi connectivity index (χ4n) is 1.35. The van der Waals surface area contributed by atoms with E-state index in [0.717, 1.165) is 0 Å². The summed E-state index contributed by atoms with van der Waals surface area (Å²) in [6, 6.07) is 0. The van der Waals surface area contributed by atoms with Crippen LogP contribution in [0.4, 0.5) is 0 Å². The molecule has 6 heteroatoms. The first-order valence-electron chi connectivity index (χ1n) is 5.06. The van der Waals surface area contributed by atoms with Crippen LogP contribution in [0.15, 0.2) is 0 Å². The SMILES string of the molecule is CO[C@H](OC(CO)CO)C(C)(C)NC(C)=O. The van der Waals surface area contributed by atoms with Gasteiger partial charge in [0.05, 0.1) is 18.8 Å². The van der Waals surface area contributed by atoms with Gasteiger partial charge in [-0.2, -0.15) is 0 Å². The van der Waals surface area contributed by atoms with Crippen molar-refractivity contribution in [3.8, 4) is 0 Å². The normalized spacial score (nSPS) is 13.9. The molecule has 0 rings (SSSR count). The highest BCUT2D eigenvalue weighted by molar-refractivity contribution is 5.73. The number of nitrogens with one attached hydrogen (secondary N) is 1. The molecule has 0 saturated carbocycles. The number of amides is 1. The highest BCUT2D eigenvalue weighted by atomic mass is 16.7. The number of carbonyl (C=O) groups is 1. The zero-order chi connectivity index (χ0) is 12.8. The lowest BCUT2D eigenvalue weighted by atomic mass is 10.0. The Balaban J connectivity index is 4.51. The third-order valence-electron chi connectivity index (χ3n) is 2.02. The van der Waals surface area contributed by atoms with E-state index in [-0.39, 0.29) is 19.1 Å². The fourth-order valence-corrected chi connectivity index (χ4v) is 1.35. The number of methoxy groups -OCH3 is 1. The van der Waals surface area contributed by atoms with Gasteiger partial charge in [-0.15, -0.1) is 0 Å². The van der Waals surface area contributed by atoms with Gasteiger partial charge >= 0.3 is 0 Å². The van der Waals surface area contributed by atoms with Crippen LogP contribution in [0.1, 0.15) is 20.8 Å². The summed E-state index contributed by atoms with van der Waals surface area (Å²) in [7, 11) is 1.43. The Morgan fingerprint density at radius 2 is 1.88 bits per heavy atom. The first-order valence-corrected chi connectivity index (χ1v) is 5.06. The molecular formula is C10H21NO5. The van der Waals surface area contributed by atoms with E-state index >= 15 is 0 Å². The lowest BCUT2D eigenvalue weighted by molar-refractivity contribution is -0.205. The molecule has 3 N–H and O–H groups in total. The quantitative estimate of drug-likeness (QED) is 0.505. The summed E-state index contributed by atoms with van der Waals surface area (Å²) in [6.07, 6.45) is -1.47. The highest BCUT2D eigenvalue weighted by Crippen LogP contribution is 2.15. The summed E-state index contributed by atoms with van der Waals surface area (Å²) in [4.78, 5) is 11.0. The van der Waals surface area contributed by atoms with Gasteiger partial charge in [0, 0.05) is 14.0 Å². The van der Waals surface area contributed by atoms with Crippen LogP contribution in [-0.4, -0.2) is 54.4 Å². The first kappa shape index (κ1) is 15.3. The third kappa shape index (κ3) is 4.89.